The lowest BCUT2D eigenvalue weighted by Crippen LogP contribution is -2.36. The molecule has 25 heavy (non-hydrogen) atoms. The Balaban J connectivity index is 1.80. The fraction of sp³-hybridized carbons (Fsp3) is 0.176. The minimum Gasteiger partial charge on any atom is -0.350 e. The Bertz CT molecular complexity index is 744. The molecule has 0 unspecified atom stereocenters. The number of benzene rings is 2. The summed E-state index contributed by atoms with van der Waals surface area (Å²) in [5.74, 6) is -1.05. The van der Waals surface area contributed by atoms with Gasteiger partial charge in [0, 0.05) is 17.1 Å². The average molecular weight is 371 g/mol. The van der Waals surface area contributed by atoms with Crippen molar-refractivity contribution in [2.45, 2.75) is 12.7 Å². The lowest BCUT2D eigenvalue weighted by atomic mass is 10.1. The van der Waals surface area contributed by atoms with Crippen molar-refractivity contribution in [3.05, 3.63) is 70.2 Å². The third kappa shape index (κ3) is 5.79. The topological polar surface area (TPSA) is 58.2 Å². The first-order valence-corrected chi connectivity index (χ1v) is 7.60. The lowest BCUT2D eigenvalue weighted by molar-refractivity contribution is -0.137. The van der Waals surface area contributed by atoms with Crippen molar-refractivity contribution in [1.29, 1.82) is 0 Å². The van der Waals surface area contributed by atoms with Crippen LogP contribution in [0.5, 0.6) is 0 Å². The van der Waals surface area contributed by atoms with Crippen molar-refractivity contribution < 1.29 is 22.8 Å². The second kappa shape index (κ2) is 8.02. The summed E-state index contributed by atoms with van der Waals surface area (Å²) in [5.41, 5.74) is 0.0371. The van der Waals surface area contributed by atoms with Crippen molar-refractivity contribution in [1.82, 2.24) is 10.6 Å². The first-order valence-electron chi connectivity index (χ1n) is 7.22. The molecule has 0 aliphatic carbocycles. The molecule has 4 nitrogen and oxygen atoms in total. The molecule has 2 amide bonds. The third-order valence-corrected chi connectivity index (χ3v) is 3.54. The number of carbonyl (C=O) groups is 2. The molecule has 0 saturated heterocycles. The molecular weight excluding hydrogens is 357 g/mol. The zero-order valence-corrected chi connectivity index (χ0v) is 13.6. The SMILES string of the molecule is O=C(CNC(=O)c1ccc(C(F)(F)F)cc1)NCc1ccc(Cl)cc1. The second-order valence-electron chi connectivity index (χ2n) is 5.16. The average Bonchev–Trinajstić information content (AvgIpc) is 2.58. The summed E-state index contributed by atoms with van der Waals surface area (Å²) in [6.07, 6.45) is -4.46. The molecule has 8 heteroatoms. The summed E-state index contributed by atoms with van der Waals surface area (Å²) < 4.78 is 37.4. The Hall–Kier alpha value is -2.54. The van der Waals surface area contributed by atoms with Crippen molar-refractivity contribution in [3.8, 4) is 0 Å². The number of alkyl halides is 3. The van der Waals surface area contributed by atoms with Gasteiger partial charge in [-0.25, -0.2) is 0 Å². The molecule has 0 radical (unpaired) electrons. The molecule has 0 aliphatic rings. The van der Waals surface area contributed by atoms with Gasteiger partial charge >= 0.3 is 6.18 Å². The normalized spacial score (nSPS) is 11.0. The monoisotopic (exact) mass is 370 g/mol. The van der Waals surface area contributed by atoms with Gasteiger partial charge in [0.2, 0.25) is 5.91 Å². The Morgan fingerprint density at radius 1 is 0.920 bits per heavy atom. The summed E-state index contributed by atoms with van der Waals surface area (Å²) in [7, 11) is 0. The van der Waals surface area contributed by atoms with E-state index in [4.69, 9.17) is 11.6 Å². The van der Waals surface area contributed by atoms with E-state index in [1.54, 1.807) is 24.3 Å². The van der Waals surface area contributed by atoms with Crippen molar-refractivity contribution in [2.75, 3.05) is 6.54 Å². The Morgan fingerprint density at radius 2 is 1.52 bits per heavy atom. The van der Waals surface area contributed by atoms with Gasteiger partial charge in [0.05, 0.1) is 12.1 Å². The van der Waals surface area contributed by atoms with Gasteiger partial charge in [-0.05, 0) is 42.0 Å². The van der Waals surface area contributed by atoms with E-state index in [1.807, 2.05) is 0 Å². The minimum absolute atomic E-state index is 0.0403. The highest BCUT2D eigenvalue weighted by Crippen LogP contribution is 2.29. The van der Waals surface area contributed by atoms with Crippen molar-refractivity contribution >= 4 is 23.4 Å². The molecule has 2 aromatic rings. The molecular formula is C17H14ClF3N2O2. The fourth-order valence-corrected chi connectivity index (χ4v) is 2.06. The zero-order valence-electron chi connectivity index (χ0n) is 12.9. The van der Waals surface area contributed by atoms with Gasteiger partial charge in [0.1, 0.15) is 0 Å². The van der Waals surface area contributed by atoms with Crippen LogP contribution in [0.25, 0.3) is 0 Å². The highest BCUT2D eigenvalue weighted by Gasteiger charge is 2.30. The van der Waals surface area contributed by atoms with Crippen LogP contribution in [0.1, 0.15) is 21.5 Å². The molecule has 0 saturated carbocycles. The van der Waals surface area contributed by atoms with Crippen molar-refractivity contribution in [2.24, 2.45) is 0 Å². The molecule has 2 N–H and O–H groups in total. The predicted octanol–water partition coefficient (Wildman–Crippen LogP) is 3.41. The fourth-order valence-electron chi connectivity index (χ4n) is 1.94. The summed E-state index contributed by atoms with van der Waals surface area (Å²) in [5, 5.41) is 5.54. The van der Waals surface area contributed by atoms with Gasteiger partial charge in [0.15, 0.2) is 0 Å². The van der Waals surface area contributed by atoms with E-state index in [2.05, 4.69) is 10.6 Å². The molecule has 132 valence electrons. The number of hydrogen-bond donors (Lipinski definition) is 2. The van der Waals surface area contributed by atoms with Gasteiger partial charge in [-0.3, -0.25) is 9.59 Å². The maximum absolute atomic E-state index is 12.5. The molecule has 0 aromatic heterocycles. The van der Waals surface area contributed by atoms with Gasteiger partial charge in [-0.2, -0.15) is 13.2 Å². The largest absolute Gasteiger partial charge is 0.416 e. The number of nitrogens with one attached hydrogen (secondary N) is 2. The number of carbonyl (C=O) groups excluding carboxylic acids is 2. The van der Waals surface area contributed by atoms with Crippen LogP contribution in [-0.4, -0.2) is 18.4 Å². The maximum Gasteiger partial charge on any atom is 0.416 e. The molecule has 0 spiro atoms. The van der Waals surface area contributed by atoms with Crippen LogP contribution in [0.4, 0.5) is 13.2 Å². The highest BCUT2D eigenvalue weighted by molar-refractivity contribution is 6.30. The standard InChI is InChI=1S/C17H14ClF3N2O2/c18-14-7-1-11(2-8-14)9-22-15(24)10-23-16(25)12-3-5-13(6-4-12)17(19,20)21/h1-8H,9-10H2,(H,22,24)(H,23,25). The van der Waals surface area contributed by atoms with Gasteiger partial charge in [0.25, 0.3) is 5.91 Å². The minimum atomic E-state index is -4.46. The van der Waals surface area contributed by atoms with E-state index in [9.17, 15) is 22.8 Å². The van der Waals surface area contributed by atoms with E-state index in [-0.39, 0.29) is 18.7 Å². The Kier molecular flexibility index (Phi) is 6.03. The summed E-state index contributed by atoms with van der Waals surface area (Å²) in [6, 6.07) is 10.6. The predicted molar refractivity (Wildman–Crippen MR) is 87.1 cm³/mol. The van der Waals surface area contributed by atoms with Crippen LogP contribution in [0.2, 0.25) is 5.02 Å². The smallest absolute Gasteiger partial charge is 0.350 e. The van der Waals surface area contributed by atoms with E-state index in [0.717, 1.165) is 29.8 Å². The molecule has 0 atom stereocenters. The Labute approximate surface area is 147 Å². The molecule has 0 fully saturated rings. The molecule has 0 heterocycles. The second-order valence-corrected chi connectivity index (χ2v) is 5.60. The van der Waals surface area contributed by atoms with Crippen LogP contribution < -0.4 is 10.6 Å². The van der Waals surface area contributed by atoms with Crippen LogP contribution in [0.15, 0.2) is 48.5 Å². The number of amides is 2. The van der Waals surface area contributed by atoms with Crippen molar-refractivity contribution in [3.63, 3.8) is 0 Å². The highest BCUT2D eigenvalue weighted by atomic mass is 35.5. The quantitative estimate of drug-likeness (QED) is 0.847. The van der Waals surface area contributed by atoms with Crippen LogP contribution in [-0.2, 0) is 17.5 Å². The third-order valence-electron chi connectivity index (χ3n) is 3.29. The zero-order chi connectivity index (χ0) is 18.4. The van der Waals surface area contributed by atoms with E-state index >= 15 is 0 Å². The van der Waals surface area contributed by atoms with Gasteiger partial charge < -0.3 is 10.6 Å². The molecule has 0 bridgehead atoms. The maximum atomic E-state index is 12.5. The number of hydrogen-bond acceptors (Lipinski definition) is 2. The number of rotatable bonds is 5. The molecule has 2 aromatic carbocycles. The van der Waals surface area contributed by atoms with E-state index in [1.165, 1.54) is 0 Å². The summed E-state index contributed by atoms with van der Waals surface area (Å²) >= 11 is 5.75. The van der Waals surface area contributed by atoms with Crippen LogP contribution in [0.3, 0.4) is 0 Å². The number of halogens is 4. The van der Waals surface area contributed by atoms with Crippen LogP contribution >= 0.6 is 11.6 Å². The van der Waals surface area contributed by atoms with Crippen LogP contribution in [0, 0.1) is 0 Å². The summed E-state index contributed by atoms with van der Waals surface area (Å²) in [6.45, 7) is -0.0143. The molecule has 2 rings (SSSR count). The van der Waals surface area contributed by atoms with E-state index in [0.29, 0.717) is 5.02 Å². The summed E-state index contributed by atoms with van der Waals surface area (Å²) in [4.78, 5) is 23.5. The first kappa shape index (κ1) is 18.8. The van der Waals surface area contributed by atoms with Gasteiger partial charge in [-0.1, -0.05) is 23.7 Å². The van der Waals surface area contributed by atoms with Gasteiger partial charge in [-0.15, -0.1) is 0 Å². The van der Waals surface area contributed by atoms with E-state index < -0.39 is 23.6 Å². The first-order chi connectivity index (χ1) is 11.8. The Morgan fingerprint density at radius 3 is 2.08 bits per heavy atom. The molecule has 0 aliphatic heterocycles. The lowest BCUT2D eigenvalue weighted by Gasteiger charge is -2.09.